The first-order valence-corrected chi connectivity index (χ1v) is 11.4. The number of hydrogen-bond donors (Lipinski definition) is 0. The molecule has 0 amide bonds. The maximum Gasteiger partial charge on any atom is 0.201 e. The average molecular weight is 396 g/mol. The van der Waals surface area contributed by atoms with Crippen LogP contribution < -0.4 is 0 Å². The highest BCUT2D eigenvalue weighted by Crippen LogP contribution is 2.43. The molecule has 0 aliphatic heterocycles. The lowest BCUT2D eigenvalue weighted by molar-refractivity contribution is 0.212. The van der Waals surface area contributed by atoms with E-state index < -0.39 is 8.32 Å². The standard InChI is InChI=1S/C16H33IOSi/c1-8-16(11-9-10-12-17)18-19(13(2)3,14(4)5)15(6)7/h9,11,13-16H,8,10,12H2,1-7H3/b11-9-/t16-/m0/s1. The largest absolute Gasteiger partial charge is 0.410 e. The predicted molar refractivity (Wildman–Crippen MR) is 98.9 cm³/mol. The lowest BCUT2D eigenvalue weighted by Crippen LogP contribution is -2.49. The lowest BCUT2D eigenvalue weighted by atomic mass is 10.2. The quantitative estimate of drug-likeness (QED) is 0.191. The average Bonchev–Trinajstić information content (AvgIpc) is 2.32. The van der Waals surface area contributed by atoms with Gasteiger partial charge in [-0.25, -0.2) is 0 Å². The van der Waals surface area contributed by atoms with Gasteiger partial charge in [0, 0.05) is 4.43 Å². The molecule has 114 valence electrons. The van der Waals surface area contributed by atoms with Crippen LogP contribution in [0.15, 0.2) is 12.2 Å². The van der Waals surface area contributed by atoms with Crippen molar-refractivity contribution in [2.24, 2.45) is 0 Å². The molecule has 0 fully saturated rings. The Morgan fingerprint density at radius 3 is 1.79 bits per heavy atom. The van der Waals surface area contributed by atoms with Gasteiger partial charge in [0.05, 0.1) is 6.10 Å². The summed E-state index contributed by atoms with van der Waals surface area (Å²) in [5.41, 5.74) is 2.00. The second-order valence-electron chi connectivity index (χ2n) is 6.29. The van der Waals surface area contributed by atoms with Crippen LogP contribution in [0.1, 0.15) is 61.3 Å². The number of rotatable bonds is 9. The van der Waals surface area contributed by atoms with Crippen LogP contribution in [0.3, 0.4) is 0 Å². The van der Waals surface area contributed by atoms with Gasteiger partial charge in [0.2, 0.25) is 8.32 Å². The summed E-state index contributed by atoms with van der Waals surface area (Å²) in [4.78, 5) is 0. The lowest BCUT2D eigenvalue weighted by Gasteiger charge is -2.44. The normalized spacial score (nSPS) is 15.1. The van der Waals surface area contributed by atoms with Gasteiger partial charge >= 0.3 is 0 Å². The highest BCUT2D eigenvalue weighted by Gasteiger charge is 2.46. The third kappa shape index (κ3) is 5.50. The Labute approximate surface area is 135 Å². The van der Waals surface area contributed by atoms with Crippen molar-refractivity contribution < 1.29 is 4.43 Å². The van der Waals surface area contributed by atoms with E-state index in [0.717, 1.165) is 12.8 Å². The van der Waals surface area contributed by atoms with Crippen molar-refractivity contribution in [1.29, 1.82) is 0 Å². The smallest absolute Gasteiger partial charge is 0.201 e. The van der Waals surface area contributed by atoms with Crippen molar-refractivity contribution in [3.63, 3.8) is 0 Å². The molecule has 0 aromatic carbocycles. The summed E-state index contributed by atoms with van der Waals surface area (Å²) < 4.78 is 7.95. The van der Waals surface area contributed by atoms with Crippen LogP contribution in [0.4, 0.5) is 0 Å². The van der Waals surface area contributed by atoms with Crippen LogP contribution in [0.5, 0.6) is 0 Å². The second kappa shape index (κ2) is 9.56. The SMILES string of the molecule is CC[C@@H](/C=C\CCI)O[Si](C(C)C)(C(C)C)C(C)C. The molecule has 0 unspecified atom stereocenters. The summed E-state index contributed by atoms with van der Waals surface area (Å²) in [7, 11) is -1.72. The molecule has 3 heteroatoms. The minimum atomic E-state index is -1.72. The molecular weight excluding hydrogens is 363 g/mol. The monoisotopic (exact) mass is 396 g/mol. The molecule has 1 nitrogen and oxygen atoms in total. The van der Waals surface area contributed by atoms with Crippen molar-refractivity contribution in [3.05, 3.63) is 12.2 Å². The van der Waals surface area contributed by atoms with Gasteiger partial charge < -0.3 is 4.43 Å². The highest BCUT2D eigenvalue weighted by molar-refractivity contribution is 14.1. The summed E-state index contributed by atoms with van der Waals surface area (Å²) >= 11 is 2.42. The Bertz CT molecular complexity index is 240. The van der Waals surface area contributed by atoms with Crippen molar-refractivity contribution in [2.45, 2.75) is 84.0 Å². The van der Waals surface area contributed by atoms with Gasteiger partial charge in [0.1, 0.15) is 0 Å². The van der Waals surface area contributed by atoms with E-state index in [1.165, 1.54) is 4.43 Å². The first-order chi connectivity index (χ1) is 8.82. The van der Waals surface area contributed by atoms with Gasteiger partial charge in [0.25, 0.3) is 0 Å². The van der Waals surface area contributed by atoms with E-state index >= 15 is 0 Å². The Morgan fingerprint density at radius 2 is 1.47 bits per heavy atom. The van der Waals surface area contributed by atoms with Crippen molar-refractivity contribution in [1.82, 2.24) is 0 Å². The summed E-state index contributed by atoms with van der Waals surface area (Å²) in [6.07, 6.45) is 7.13. The fourth-order valence-corrected chi connectivity index (χ4v) is 9.19. The fourth-order valence-electron chi connectivity index (χ4n) is 3.24. The van der Waals surface area contributed by atoms with E-state index in [4.69, 9.17) is 4.43 Å². The topological polar surface area (TPSA) is 9.23 Å². The molecule has 0 N–H and O–H groups in total. The zero-order chi connectivity index (χ0) is 15.1. The molecule has 0 bridgehead atoms. The Balaban J connectivity index is 5.07. The summed E-state index contributed by atoms with van der Waals surface area (Å²) in [5, 5.41) is 0. The van der Waals surface area contributed by atoms with E-state index in [2.05, 4.69) is 83.2 Å². The molecule has 0 saturated heterocycles. The Hall–Kier alpha value is 0.647. The molecule has 1 atom stereocenters. The van der Waals surface area contributed by atoms with Crippen LogP contribution in [0, 0.1) is 0 Å². The number of alkyl halides is 1. The van der Waals surface area contributed by atoms with Gasteiger partial charge in [0.15, 0.2) is 0 Å². The van der Waals surface area contributed by atoms with Gasteiger partial charge in [-0.15, -0.1) is 0 Å². The Morgan fingerprint density at radius 1 is 1.00 bits per heavy atom. The van der Waals surface area contributed by atoms with Crippen LogP contribution in [-0.2, 0) is 4.43 Å². The van der Waals surface area contributed by atoms with Gasteiger partial charge in [-0.1, -0.05) is 83.2 Å². The second-order valence-corrected chi connectivity index (χ2v) is 12.8. The van der Waals surface area contributed by atoms with Crippen LogP contribution in [0.25, 0.3) is 0 Å². The van der Waals surface area contributed by atoms with Crippen molar-refractivity contribution in [2.75, 3.05) is 4.43 Å². The number of hydrogen-bond acceptors (Lipinski definition) is 1. The number of allylic oxidation sites excluding steroid dienone is 1. The van der Waals surface area contributed by atoms with E-state index in [9.17, 15) is 0 Å². The van der Waals surface area contributed by atoms with Crippen molar-refractivity contribution >= 4 is 30.9 Å². The molecule has 0 saturated carbocycles. The minimum absolute atomic E-state index is 0.307. The molecule has 0 aromatic rings. The van der Waals surface area contributed by atoms with Gasteiger partial charge in [-0.05, 0) is 29.5 Å². The van der Waals surface area contributed by atoms with E-state index in [-0.39, 0.29) is 0 Å². The zero-order valence-corrected chi connectivity index (χ0v) is 17.0. The first kappa shape index (κ1) is 19.6. The molecule has 19 heavy (non-hydrogen) atoms. The highest BCUT2D eigenvalue weighted by atomic mass is 127. The Kier molecular flexibility index (Phi) is 9.88. The van der Waals surface area contributed by atoms with Gasteiger partial charge in [-0.2, -0.15) is 0 Å². The molecule has 0 rings (SSSR count). The maximum atomic E-state index is 6.77. The molecule has 0 heterocycles. The van der Waals surface area contributed by atoms with E-state index in [0.29, 0.717) is 22.7 Å². The summed E-state index contributed by atoms with van der Waals surface area (Å²) in [6.45, 7) is 16.4. The van der Waals surface area contributed by atoms with Gasteiger partial charge in [-0.3, -0.25) is 0 Å². The van der Waals surface area contributed by atoms with E-state index in [1.807, 2.05) is 0 Å². The van der Waals surface area contributed by atoms with Crippen LogP contribution in [-0.4, -0.2) is 18.8 Å². The third-order valence-corrected chi connectivity index (χ3v) is 10.8. The van der Waals surface area contributed by atoms with Crippen molar-refractivity contribution in [3.8, 4) is 0 Å². The molecule has 0 aromatic heterocycles. The molecule has 0 radical (unpaired) electrons. The predicted octanol–water partition coefficient (Wildman–Crippen LogP) is 6.34. The van der Waals surface area contributed by atoms with Crippen LogP contribution >= 0.6 is 22.6 Å². The first-order valence-electron chi connectivity index (χ1n) is 7.73. The van der Waals surface area contributed by atoms with Crippen LogP contribution in [0.2, 0.25) is 16.6 Å². The third-order valence-electron chi connectivity index (χ3n) is 4.09. The molecule has 0 aliphatic carbocycles. The summed E-state index contributed by atoms with van der Waals surface area (Å²) in [5.74, 6) is 0. The molecule has 0 spiro atoms. The minimum Gasteiger partial charge on any atom is -0.410 e. The molecule has 0 aliphatic rings. The number of halogens is 1. The molecular formula is C16H33IOSi. The van der Waals surface area contributed by atoms with E-state index in [1.54, 1.807) is 0 Å². The summed E-state index contributed by atoms with van der Waals surface area (Å²) in [6, 6.07) is 0. The zero-order valence-electron chi connectivity index (χ0n) is 13.9. The fraction of sp³-hybridized carbons (Fsp3) is 0.875. The maximum absolute atomic E-state index is 6.77.